The summed E-state index contributed by atoms with van der Waals surface area (Å²) in [5, 5.41) is 5.08. The number of carbonyl (C=O) groups excluding carboxylic acids is 4. The molecule has 178 valence electrons. The van der Waals surface area contributed by atoms with Gasteiger partial charge in [0, 0.05) is 6.42 Å². The van der Waals surface area contributed by atoms with Crippen LogP contribution in [0.4, 0.5) is 4.79 Å². The van der Waals surface area contributed by atoms with Crippen molar-refractivity contribution < 1.29 is 33.4 Å². The lowest BCUT2D eigenvalue weighted by Crippen LogP contribution is -2.54. The number of ether oxygens (including phenoxy) is 3. The lowest BCUT2D eigenvalue weighted by atomic mass is 10.0. The number of hydrogen-bond donors (Lipinski definition) is 2. The Morgan fingerprint density at radius 2 is 1.62 bits per heavy atom. The van der Waals surface area contributed by atoms with Gasteiger partial charge in [-0.2, -0.15) is 0 Å². The van der Waals surface area contributed by atoms with Crippen LogP contribution < -0.4 is 10.6 Å². The van der Waals surface area contributed by atoms with Gasteiger partial charge in [-0.25, -0.2) is 9.59 Å². The van der Waals surface area contributed by atoms with Crippen LogP contribution in [0.5, 0.6) is 0 Å². The molecule has 0 fully saturated rings. The molecule has 32 heavy (non-hydrogen) atoms. The van der Waals surface area contributed by atoms with E-state index in [4.69, 9.17) is 14.2 Å². The van der Waals surface area contributed by atoms with Crippen LogP contribution in [0.3, 0.4) is 0 Å². The molecule has 9 heteroatoms. The minimum atomic E-state index is -1.07. The number of rotatable bonds is 10. The first-order valence-electron chi connectivity index (χ1n) is 10.5. The Hall–Kier alpha value is -3.10. The van der Waals surface area contributed by atoms with Crippen molar-refractivity contribution in [2.45, 2.75) is 71.8 Å². The van der Waals surface area contributed by atoms with E-state index in [1.165, 1.54) is 7.11 Å². The van der Waals surface area contributed by atoms with Crippen LogP contribution in [0.1, 0.15) is 53.0 Å². The molecule has 0 aliphatic rings. The van der Waals surface area contributed by atoms with E-state index in [2.05, 4.69) is 10.6 Å². The van der Waals surface area contributed by atoms with Crippen LogP contribution in [0, 0.1) is 5.92 Å². The first-order valence-corrected chi connectivity index (χ1v) is 10.5. The molecule has 9 nitrogen and oxygen atoms in total. The van der Waals surface area contributed by atoms with E-state index in [0.717, 1.165) is 5.56 Å². The fraction of sp³-hybridized carbons (Fsp3) is 0.565. The molecule has 2 unspecified atom stereocenters. The third-order valence-electron chi connectivity index (χ3n) is 4.29. The van der Waals surface area contributed by atoms with Gasteiger partial charge in [-0.1, -0.05) is 44.2 Å². The summed E-state index contributed by atoms with van der Waals surface area (Å²) in [7, 11) is 1.19. The minimum Gasteiger partial charge on any atom is -0.467 e. The first kappa shape index (κ1) is 26.9. The van der Waals surface area contributed by atoms with E-state index in [0.29, 0.717) is 0 Å². The van der Waals surface area contributed by atoms with Gasteiger partial charge in [0.05, 0.1) is 7.11 Å². The lowest BCUT2D eigenvalue weighted by Gasteiger charge is -2.25. The molecule has 0 aliphatic heterocycles. The number of hydrogen-bond acceptors (Lipinski definition) is 7. The molecule has 1 aromatic rings. The van der Waals surface area contributed by atoms with Crippen LogP contribution >= 0.6 is 0 Å². The maximum absolute atomic E-state index is 12.8. The van der Waals surface area contributed by atoms with Crippen LogP contribution in [0.2, 0.25) is 0 Å². The predicted molar refractivity (Wildman–Crippen MR) is 117 cm³/mol. The van der Waals surface area contributed by atoms with Crippen LogP contribution in [-0.4, -0.2) is 48.7 Å². The standard InChI is InChI=1S/C23H34N2O7/c1-15(2)19(25-22(29)31-14-16-10-8-7-9-11-16)20(27)24-17(21(28)30-6)12-13-18(26)32-23(3,4)5/h7-11,15,17,19H,12-14H2,1-6H3,(H,24,27)(H,25,29). The van der Waals surface area contributed by atoms with Crippen LogP contribution in [0.25, 0.3) is 0 Å². The van der Waals surface area contributed by atoms with Crippen molar-refractivity contribution in [3.8, 4) is 0 Å². The summed E-state index contributed by atoms with van der Waals surface area (Å²) in [6.45, 7) is 8.76. The van der Waals surface area contributed by atoms with Crippen molar-refractivity contribution in [3.63, 3.8) is 0 Å². The fourth-order valence-corrected chi connectivity index (χ4v) is 2.73. The second kappa shape index (κ2) is 12.7. The predicted octanol–water partition coefficient (Wildman–Crippen LogP) is 2.72. The minimum absolute atomic E-state index is 0.00338. The number of alkyl carbamates (subject to hydrolysis) is 1. The molecule has 0 spiro atoms. The normalized spacial score (nSPS) is 13.0. The molecule has 0 aromatic heterocycles. The van der Waals surface area contributed by atoms with E-state index >= 15 is 0 Å². The molecule has 0 heterocycles. The molecule has 1 aromatic carbocycles. The average Bonchev–Trinajstić information content (AvgIpc) is 2.71. The molecule has 0 saturated carbocycles. The topological polar surface area (TPSA) is 120 Å². The van der Waals surface area contributed by atoms with Gasteiger partial charge in [-0.15, -0.1) is 0 Å². The van der Waals surface area contributed by atoms with Gasteiger partial charge in [0.1, 0.15) is 24.3 Å². The summed E-state index contributed by atoms with van der Waals surface area (Å²) < 4.78 is 15.1. The van der Waals surface area contributed by atoms with Crippen molar-refractivity contribution in [2.24, 2.45) is 5.92 Å². The van der Waals surface area contributed by atoms with E-state index in [1.807, 2.05) is 30.3 Å². The highest BCUT2D eigenvalue weighted by Crippen LogP contribution is 2.11. The highest BCUT2D eigenvalue weighted by atomic mass is 16.6. The maximum atomic E-state index is 12.8. The Morgan fingerprint density at radius 1 is 1.00 bits per heavy atom. The summed E-state index contributed by atoms with van der Waals surface area (Å²) in [5.74, 6) is -2.07. The van der Waals surface area contributed by atoms with Crippen LogP contribution in [-0.2, 0) is 35.2 Å². The third kappa shape index (κ3) is 10.3. The van der Waals surface area contributed by atoms with Gasteiger partial charge in [0.2, 0.25) is 5.91 Å². The molecule has 0 radical (unpaired) electrons. The highest BCUT2D eigenvalue weighted by molar-refractivity contribution is 5.90. The Kier molecular flexibility index (Phi) is 10.7. The number of methoxy groups -OCH3 is 1. The summed E-state index contributed by atoms with van der Waals surface area (Å²) in [5.41, 5.74) is 0.148. The Labute approximate surface area is 189 Å². The second-order valence-corrected chi connectivity index (χ2v) is 8.64. The third-order valence-corrected chi connectivity index (χ3v) is 4.29. The molecule has 1 rings (SSSR count). The van der Waals surface area contributed by atoms with Gasteiger partial charge in [-0.05, 0) is 38.7 Å². The zero-order valence-electron chi connectivity index (χ0n) is 19.6. The van der Waals surface area contributed by atoms with Crippen molar-refractivity contribution in [1.82, 2.24) is 10.6 Å². The molecular weight excluding hydrogens is 416 g/mol. The Balaban J connectivity index is 2.71. The zero-order chi connectivity index (χ0) is 24.3. The Bertz CT molecular complexity index is 772. The summed E-state index contributed by atoms with van der Waals surface area (Å²) in [6, 6.07) is 7.10. The van der Waals surface area contributed by atoms with Gasteiger partial charge < -0.3 is 24.8 Å². The first-order chi connectivity index (χ1) is 14.9. The van der Waals surface area contributed by atoms with Crippen molar-refractivity contribution >= 4 is 23.9 Å². The van der Waals surface area contributed by atoms with Crippen LogP contribution in [0.15, 0.2) is 30.3 Å². The van der Waals surface area contributed by atoms with Crippen molar-refractivity contribution in [3.05, 3.63) is 35.9 Å². The maximum Gasteiger partial charge on any atom is 0.408 e. The van der Waals surface area contributed by atoms with E-state index in [-0.39, 0.29) is 25.4 Å². The van der Waals surface area contributed by atoms with E-state index in [1.54, 1.807) is 34.6 Å². The molecule has 2 atom stereocenters. The van der Waals surface area contributed by atoms with Gasteiger partial charge in [-0.3, -0.25) is 9.59 Å². The van der Waals surface area contributed by atoms with E-state index < -0.39 is 41.6 Å². The number of nitrogens with one attached hydrogen (secondary N) is 2. The Morgan fingerprint density at radius 3 is 2.16 bits per heavy atom. The zero-order valence-corrected chi connectivity index (χ0v) is 19.6. The summed E-state index contributed by atoms with van der Waals surface area (Å²) in [6.07, 6.45) is -0.849. The number of carbonyl (C=O) groups is 4. The molecule has 0 saturated heterocycles. The summed E-state index contributed by atoms with van der Waals surface area (Å²) in [4.78, 5) is 49.1. The van der Waals surface area contributed by atoms with Gasteiger partial charge in [0.15, 0.2) is 0 Å². The van der Waals surface area contributed by atoms with Crippen molar-refractivity contribution in [2.75, 3.05) is 7.11 Å². The largest absolute Gasteiger partial charge is 0.467 e. The monoisotopic (exact) mass is 450 g/mol. The fourth-order valence-electron chi connectivity index (χ4n) is 2.73. The number of benzene rings is 1. The van der Waals surface area contributed by atoms with Crippen molar-refractivity contribution in [1.29, 1.82) is 0 Å². The molecule has 2 N–H and O–H groups in total. The van der Waals surface area contributed by atoms with Gasteiger partial charge in [0.25, 0.3) is 0 Å². The highest BCUT2D eigenvalue weighted by Gasteiger charge is 2.30. The van der Waals surface area contributed by atoms with E-state index in [9.17, 15) is 19.2 Å². The second-order valence-electron chi connectivity index (χ2n) is 8.64. The average molecular weight is 451 g/mol. The SMILES string of the molecule is COC(=O)C(CCC(=O)OC(C)(C)C)NC(=O)C(NC(=O)OCc1ccccc1)C(C)C. The van der Waals surface area contributed by atoms with Gasteiger partial charge >= 0.3 is 18.0 Å². The molecule has 0 bridgehead atoms. The molecule has 2 amide bonds. The number of amides is 2. The smallest absolute Gasteiger partial charge is 0.408 e. The molecular formula is C23H34N2O7. The molecule has 0 aliphatic carbocycles. The summed E-state index contributed by atoms with van der Waals surface area (Å²) >= 11 is 0. The quantitative estimate of drug-likeness (QED) is 0.415. The number of esters is 2. The lowest BCUT2D eigenvalue weighted by molar-refractivity contribution is -0.155.